The standard InChI is InChI=1S/C23H29NO2/c1-15-6-7-18(13-16(15)2)21-5-4-12-24(21)23(25)11-9-19-8-10-22(26-19)20-14-17(20)3/h6-8,10,13,17,20-21H,4-5,9,11-12,14H2,1-3H3. The van der Waals surface area contributed by atoms with Gasteiger partial charge in [-0.05, 0) is 67.9 Å². The molecule has 1 aliphatic heterocycles. The highest BCUT2D eigenvalue weighted by Crippen LogP contribution is 2.47. The zero-order valence-electron chi connectivity index (χ0n) is 16.1. The van der Waals surface area contributed by atoms with E-state index in [4.69, 9.17) is 4.42 Å². The summed E-state index contributed by atoms with van der Waals surface area (Å²) in [5.74, 6) is 3.66. The van der Waals surface area contributed by atoms with Crippen LogP contribution in [0, 0.1) is 19.8 Å². The minimum Gasteiger partial charge on any atom is -0.466 e. The zero-order chi connectivity index (χ0) is 18.3. The number of rotatable bonds is 5. The highest BCUT2D eigenvalue weighted by Gasteiger charge is 2.36. The van der Waals surface area contributed by atoms with Crippen LogP contribution in [-0.4, -0.2) is 17.4 Å². The summed E-state index contributed by atoms with van der Waals surface area (Å²) in [5.41, 5.74) is 3.89. The fourth-order valence-electron chi connectivity index (χ4n) is 4.20. The zero-order valence-corrected chi connectivity index (χ0v) is 16.1. The molecule has 1 aliphatic carbocycles. The van der Waals surface area contributed by atoms with Gasteiger partial charge in [0.05, 0.1) is 6.04 Å². The van der Waals surface area contributed by atoms with Crippen LogP contribution in [0.5, 0.6) is 0 Å². The van der Waals surface area contributed by atoms with Crippen molar-refractivity contribution < 1.29 is 9.21 Å². The number of furan rings is 1. The smallest absolute Gasteiger partial charge is 0.223 e. The molecule has 2 aliphatic rings. The lowest BCUT2D eigenvalue weighted by molar-refractivity contribution is -0.132. The summed E-state index contributed by atoms with van der Waals surface area (Å²) in [6, 6.07) is 11.0. The normalized spacial score (nSPS) is 24.9. The Hall–Kier alpha value is -2.03. The first-order valence-corrected chi connectivity index (χ1v) is 9.98. The van der Waals surface area contributed by atoms with Crippen LogP contribution in [0.2, 0.25) is 0 Å². The summed E-state index contributed by atoms with van der Waals surface area (Å²) in [6.45, 7) is 7.42. The Morgan fingerprint density at radius 2 is 2.00 bits per heavy atom. The van der Waals surface area contributed by atoms with E-state index in [9.17, 15) is 4.79 Å². The van der Waals surface area contributed by atoms with E-state index >= 15 is 0 Å². The molecule has 0 radical (unpaired) electrons. The van der Waals surface area contributed by atoms with E-state index in [0.29, 0.717) is 18.8 Å². The molecule has 2 aromatic rings. The number of hydrogen-bond acceptors (Lipinski definition) is 2. The van der Waals surface area contributed by atoms with Gasteiger partial charge in [-0.2, -0.15) is 0 Å². The van der Waals surface area contributed by atoms with Gasteiger partial charge in [0.25, 0.3) is 0 Å². The average Bonchev–Trinajstić information content (AvgIpc) is 3.06. The first kappa shape index (κ1) is 17.4. The van der Waals surface area contributed by atoms with Crippen molar-refractivity contribution in [3.63, 3.8) is 0 Å². The van der Waals surface area contributed by atoms with Crippen LogP contribution in [0.3, 0.4) is 0 Å². The summed E-state index contributed by atoms with van der Waals surface area (Å²) in [7, 11) is 0. The second-order valence-electron chi connectivity index (χ2n) is 8.21. The van der Waals surface area contributed by atoms with Crippen LogP contribution in [0.25, 0.3) is 0 Å². The largest absolute Gasteiger partial charge is 0.466 e. The molecule has 4 rings (SSSR count). The van der Waals surface area contributed by atoms with Crippen LogP contribution in [0.15, 0.2) is 34.7 Å². The van der Waals surface area contributed by atoms with Crippen LogP contribution in [-0.2, 0) is 11.2 Å². The highest BCUT2D eigenvalue weighted by molar-refractivity contribution is 5.77. The maximum atomic E-state index is 12.8. The third-order valence-electron chi connectivity index (χ3n) is 6.23. The molecular formula is C23H29NO2. The third kappa shape index (κ3) is 3.44. The lowest BCUT2D eigenvalue weighted by Gasteiger charge is -2.25. The Balaban J connectivity index is 1.38. The van der Waals surface area contributed by atoms with Gasteiger partial charge in [-0.1, -0.05) is 25.1 Å². The molecule has 0 bridgehead atoms. The quantitative estimate of drug-likeness (QED) is 0.731. The van der Waals surface area contributed by atoms with Crippen molar-refractivity contribution in [2.45, 2.75) is 64.8 Å². The molecule has 26 heavy (non-hydrogen) atoms. The molecule has 3 atom stereocenters. The van der Waals surface area contributed by atoms with Gasteiger partial charge in [0.1, 0.15) is 11.5 Å². The summed E-state index contributed by atoms with van der Waals surface area (Å²) in [5, 5.41) is 0. The molecule has 1 saturated heterocycles. The molecule has 1 saturated carbocycles. The number of carbonyl (C=O) groups is 1. The van der Waals surface area contributed by atoms with Crippen LogP contribution in [0.4, 0.5) is 0 Å². The van der Waals surface area contributed by atoms with Crippen molar-refractivity contribution >= 4 is 5.91 Å². The molecule has 3 unspecified atom stereocenters. The van der Waals surface area contributed by atoms with E-state index in [1.165, 1.54) is 23.1 Å². The number of amides is 1. The van der Waals surface area contributed by atoms with Crippen LogP contribution < -0.4 is 0 Å². The van der Waals surface area contributed by atoms with Crippen molar-refractivity contribution in [3.8, 4) is 0 Å². The molecular weight excluding hydrogens is 322 g/mol. The first-order valence-electron chi connectivity index (χ1n) is 9.98. The van der Waals surface area contributed by atoms with Gasteiger partial charge < -0.3 is 9.32 Å². The van der Waals surface area contributed by atoms with E-state index in [2.05, 4.69) is 56.0 Å². The van der Waals surface area contributed by atoms with Crippen molar-refractivity contribution in [1.82, 2.24) is 4.90 Å². The number of nitrogens with zero attached hydrogens (tertiary/aromatic N) is 1. The first-order chi connectivity index (χ1) is 12.5. The summed E-state index contributed by atoms with van der Waals surface area (Å²) >= 11 is 0. The Labute approximate surface area is 156 Å². The second kappa shape index (κ2) is 6.94. The summed E-state index contributed by atoms with van der Waals surface area (Å²) < 4.78 is 5.96. The molecule has 3 nitrogen and oxygen atoms in total. The molecule has 138 valence electrons. The Kier molecular flexibility index (Phi) is 4.64. The molecule has 0 spiro atoms. The molecule has 1 aromatic carbocycles. The topological polar surface area (TPSA) is 33.5 Å². The number of aryl methyl sites for hydroxylation is 3. The minimum absolute atomic E-state index is 0.237. The number of likely N-dealkylation sites (tertiary alicyclic amines) is 1. The third-order valence-corrected chi connectivity index (χ3v) is 6.23. The molecule has 0 N–H and O–H groups in total. The monoisotopic (exact) mass is 351 g/mol. The predicted molar refractivity (Wildman–Crippen MR) is 103 cm³/mol. The number of carbonyl (C=O) groups excluding carboxylic acids is 1. The van der Waals surface area contributed by atoms with Crippen molar-refractivity contribution in [1.29, 1.82) is 0 Å². The van der Waals surface area contributed by atoms with E-state index < -0.39 is 0 Å². The van der Waals surface area contributed by atoms with Gasteiger partial charge in [0.15, 0.2) is 0 Å². The fraction of sp³-hybridized carbons (Fsp3) is 0.522. The second-order valence-corrected chi connectivity index (χ2v) is 8.21. The highest BCUT2D eigenvalue weighted by atomic mass is 16.3. The number of hydrogen-bond donors (Lipinski definition) is 0. The van der Waals surface area contributed by atoms with E-state index in [0.717, 1.165) is 36.8 Å². The molecule has 2 heterocycles. The molecule has 1 aromatic heterocycles. The fourth-order valence-corrected chi connectivity index (χ4v) is 4.20. The lowest BCUT2D eigenvalue weighted by Crippen LogP contribution is -2.30. The maximum Gasteiger partial charge on any atom is 0.223 e. The van der Waals surface area contributed by atoms with Crippen molar-refractivity contribution in [3.05, 3.63) is 58.5 Å². The van der Waals surface area contributed by atoms with Gasteiger partial charge >= 0.3 is 0 Å². The van der Waals surface area contributed by atoms with Crippen LogP contribution >= 0.6 is 0 Å². The maximum absolute atomic E-state index is 12.8. The summed E-state index contributed by atoms with van der Waals surface area (Å²) in [4.78, 5) is 14.9. The van der Waals surface area contributed by atoms with Gasteiger partial charge in [-0.15, -0.1) is 0 Å². The Morgan fingerprint density at radius 3 is 2.73 bits per heavy atom. The van der Waals surface area contributed by atoms with Gasteiger partial charge in [0.2, 0.25) is 5.91 Å². The van der Waals surface area contributed by atoms with E-state index in [1.807, 2.05) is 0 Å². The molecule has 2 fully saturated rings. The Bertz CT molecular complexity index is 806. The average molecular weight is 351 g/mol. The van der Waals surface area contributed by atoms with Gasteiger partial charge in [0, 0.05) is 25.3 Å². The summed E-state index contributed by atoms with van der Waals surface area (Å²) in [6.07, 6.45) is 4.63. The Morgan fingerprint density at radius 1 is 1.19 bits per heavy atom. The number of benzene rings is 1. The van der Waals surface area contributed by atoms with E-state index in [1.54, 1.807) is 0 Å². The van der Waals surface area contributed by atoms with E-state index in [-0.39, 0.29) is 11.9 Å². The van der Waals surface area contributed by atoms with Crippen LogP contribution in [0.1, 0.15) is 72.8 Å². The molecule has 3 heteroatoms. The SMILES string of the molecule is Cc1ccc(C2CCCN2C(=O)CCc2ccc(C3CC3C)o2)cc1C. The van der Waals surface area contributed by atoms with Crippen molar-refractivity contribution in [2.24, 2.45) is 5.92 Å². The predicted octanol–water partition coefficient (Wildman–Crippen LogP) is 5.32. The lowest BCUT2D eigenvalue weighted by atomic mass is 9.99. The minimum atomic E-state index is 0.237. The molecule has 1 amide bonds. The van der Waals surface area contributed by atoms with Gasteiger partial charge in [-0.25, -0.2) is 0 Å². The van der Waals surface area contributed by atoms with Gasteiger partial charge in [-0.3, -0.25) is 4.79 Å². The van der Waals surface area contributed by atoms with Crippen molar-refractivity contribution in [2.75, 3.05) is 6.54 Å².